The number of allylic oxidation sites excluding steroid dienone is 1. The molecule has 0 radical (unpaired) electrons. The lowest BCUT2D eigenvalue weighted by Crippen LogP contribution is -2.38. The number of rotatable bonds is 8. The third-order valence-electron chi connectivity index (χ3n) is 2.55. The summed E-state index contributed by atoms with van der Waals surface area (Å²) in [5.74, 6) is -0.280. The molecule has 1 aromatic heterocycles. The van der Waals surface area contributed by atoms with Crippen molar-refractivity contribution in [3.8, 4) is 0 Å². The van der Waals surface area contributed by atoms with E-state index in [1.54, 1.807) is 14.0 Å². The number of hydrogen-bond donors (Lipinski definition) is 4. The van der Waals surface area contributed by atoms with Crippen LogP contribution in [0.1, 0.15) is 24.0 Å². The monoisotopic (exact) mass is 304 g/mol. The quantitative estimate of drug-likeness (QED) is 0.407. The standard InChI is InChI=1S/C11H19FN8O.3H2/c1-7(13)15-6-8(12)4-3-5-9(14-2)10(21)16-11-17-19-20-18-11;;;/h4,9,14H,3,5-6H2,1-2H3,(H2,13,15)(H2,16,17,18,19,20,21);3*1H/b8-4+;;;/t9-;;;/m0.../s1. The first kappa shape index (κ1) is 16.7. The molecule has 1 amide bonds. The number of nitrogens with zero attached hydrogens (tertiary/aromatic N) is 4. The molecule has 1 atom stereocenters. The molecule has 0 aromatic carbocycles. The molecule has 0 saturated heterocycles. The van der Waals surface area contributed by atoms with Gasteiger partial charge in [-0.15, -0.1) is 5.10 Å². The van der Waals surface area contributed by atoms with Gasteiger partial charge in [0.1, 0.15) is 5.83 Å². The summed E-state index contributed by atoms with van der Waals surface area (Å²) in [4.78, 5) is 15.6. The van der Waals surface area contributed by atoms with Gasteiger partial charge in [-0.25, -0.2) is 4.39 Å². The Morgan fingerprint density at radius 3 is 3.00 bits per heavy atom. The average Bonchev–Trinajstić information content (AvgIpc) is 2.94. The van der Waals surface area contributed by atoms with Crippen molar-refractivity contribution in [1.82, 2.24) is 25.9 Å². The highest BCUT2D eigenvalue weighted by molar-refractivity contribution is 5.93. The number of amidine groups is 1. The van der Waals surface area contributed by atoms with Gasteiger partial charge in [0.25, 0.3) is 5.95 Å². The maximum Gasteiger partial charge on any atom is 0.269 e. The zero-order valence-corrected chi connectivity index (χ0v) is 11.9. The molecule has 10 heteroatoms. The lowest BCUT2D eigenvalue weighted by atomic mass is 10.1. The van der Waals surface area contributed by atoms with Crippen LogP contribution < -0.4 is 16.4 Å². The zero-order chi connectivity index (χ0) is 15.7. The van der Waals surface area contributed by atoms with Crippen LogP contribution in [0.15, 0.2) is 16.9 Å². The smallest absolute Gasteiger partial charge is 0.269 e. The van der Waals surface area contributed by atoms with Crippen molar-refractivity contribution < 1.29 is 13.5 Å². The van der Waals surface area contributed by atoms with Crippen LogP contribution in [-0.4, -0.2) is 52.0 Å². The number of aromatic amines is 1. The van der Waals surface area contributed by atoms with Gasteiger partial charge in [-0.2, -0.15) is 5.21 Å². The molecule has 5 N–H and O–H groups in total. The predicted molar refractivity (Wildman–Crippen MR) is 82.6 cm³/mol. The molecule has 0 saturated carbocycles. The molecule has 1 aromatic rings. The van der Waals surface area contributed by atoms with Gasteiger partial charge in [-0.05, 0) is 32.0 Å². The van der Waals surface area contributed by atoms with E-state index in [4.69, 9.17) is 5.73 Å². The molecule has 122 valence electrons. The molecule has 0 fully saturated rings. The topological polar surface area (TPSA) is 134 Å². The van der Waals surface area contributed by atoms with Crippen molar-refractivity contribution in [1.29, 1.82) is 0 Å². The van der Waals surface area contributed by atoms with E-state index in [1.807, 2.05) is 0 Å². The molecule has 0 unspecified atom stereocenters. The van der Waals surface area contributed by atoms with E-state index in [0.717, 1.165) is 0 Å². The van der Waals surface area contributed by atoms with Crippen LogP contribution in [0.2, 0.25) is 0 Å². The van der Waals surface area contributed by atoms with E-state index in [0.29, 0.717) is 18.7 Å². The number of anilines is 1. The van der Waals surface area contributed by atoms with Crippen molar-refractivity contribution in [3.05, 3.63) is 11.9 Å². The lowest BCUT2D eigenvalue weighted by molar-refractivity contribution is -0.118. The molecule has 21 heavy (non-hydrogen) atoms. The summed E-state index contributed by atoms with van der Waals surface area (Å²) >= 11 is 0. The summed E-state index contributed by atoms with van der Waals surface area (Å²) in [6.45, 7) is 1.51. The molecule has 0 aliphatic rings. The minimum Gasteiger partial charge on any atom is -0.388 e. The number of nitrogens with one attached hydrogen (secondary N) is 3. The average molecular weight is 304 g/mol. The van der Waals surface area contributed by atoms with Gasteiger partial charge >= 0.3 is 0 Å². The number of aromatic nitrogens is 4. The third kappa shape index (κ3) is 6.56. The number of tetrazole rings is 1. The SMILES string of the molecule is CN[C@@H](CC/C=C(/F)CN=C(C)N)C(=O)Nc1nn[nH]n1.[HH].[HH].[HH]. The van der Waals surface area contributed by atoms with Crippen LogP contribution in [0.25, 0.3) is 0 Å². The fourth-order valence-corrected chi connectivity index (χ4v) is 1.49. The van der Waals surface area contributed by atoms with Gasteiger partial charge in [-0.3, -0.25) is 15.1 Å². The normalized spacial score (nSPS) is 14.0. The fraction of sp³-hybridized carbons (Fsp3) is 0.545. The van der Waals surface area contributed by atoms with Gasteiger partial charge in [0.15, 0.2) is 0 Å². The zero-order valence-electron chi connectivity index (χ0n) is 11.9. The summed E-state index contributed by atoms with van der Waals surface area (Å²) < 4.78 is 13.4. The van der Waals surface area contributed by atoms with Crippen LogP contribution >= 0.6 is 0 Å². The highest BCUT2D eigenvalue weighted by atomic mass is 19.1. The third-order valence-corrected chi connectivity index (χ3v) is 2.55. The van der Waals surface area contributed by atoms with Gasteiger partial charge < -0.3 is 11.1 Å². The van der Waals surface area contributed by atoms with Crippen molar-refractivity contribution in [3.63, 3.8) is 0 Å². The van der Waals surface area contributed by atoms with Gasteiger partial charge in [0.05, 0.1) is 18.4 Å². The Balaban J connectivity index is -0.00000147. The minimum absolute atomic E-state index is 0. The maximum absolute atomic E-state index is 13.4. The molecule has 9 nitrogen and oxygen atoms in total. The van der Waals surface area contributed by atoms with Crippen molar-refractivity contribution in [2.24, 2.45) is 10.7 Å². The number of carbonyl (C=O) groups is 1. The molecule has 0 aliphatic carbocycles. The van der Waals surface area contributed by atoms with Gasteiger partial charge in [-0.1, -0.05) is 11.2 Å². The Kier molecular flexibility index (Phi) is 6.95. The van der Waals surface area contributed by atoms with E-state index in [2.05, 4.69) is 36.3 Å². The molecular weight excluding hydrogens is 279 g/mol. The summed E-state index contributed by atoms with van der Waals surface area (Å²) in [6.07, 6.45) is 2.19. The highest BCUT2D eigenvalue weighted by Crippen LogP contribution is 2.06. The van der Waals surface area contributed by atoms with Crippen LogP contribution in [0.3, 0.4) is 0 Å². The Bertz CT molecular complexity index is 507. The summed E-state index contributed by atoms with van der Waals surface area (Å²) in [6, 6.07) is -0.493. The van der Waals surface area contributed by atoms with Crippen molar-refractivity contribution in [2.75, 3.05) is 18.9 Å². The number of halogens is 1. The van der Waals surface area contributed by atoms with Crippen molar-refractivity contribution >= 4 is 17.7 Å². The van der Waals surface area contributed by atoms with Crippen LogP contribution in [0.4, 0.5) is 10.3 Å². The Morgan fingerprint density at radius 2 is 2.43 bits per heavy atom. The number of likely N-dealkylation sites (N-methyl/N-ethyl adjacent to an activating group) is 1. The number of amides is 1. The van der Waals surface area contributed by atoms with Crippen LogP contribution in [0, 0.1) is 0 Å². The number of hydrogen-bond acceptors (Lipinski definition) is 6. The van der Waals surface area contributed by atoms with E-state index in [1.165, 1.54) is 6.08 Å². The Labute approximate surface area is 125 Å². The van der Waals surface area contributed by atoms with Crippen LogP contribution in [0.5, 0.6) is 0 Å². The second kappa shape index (κ2) is 8.74. The molecular formula is C11H25FN8O. The first-order chi connectivity index (χ1) is 10.0. The van der Waals surface area contributed by atoms with Crippen LogP contribution in [-0.2, 0) is 4.79 Å². The number of nitrogens with two attached hydrogens (primary N) is 1. The highest BCUT2D eigenvalue weighted by Gasteiger charge is 2.17. The van der Waals surface area contributed by atoms with E-state index in [-0.39, 0.29) is 28.5 Å². The first-order valence-corrected chi connectivity index (χ1v) is 6.35. The predicted octanol–water partition coefficient (Wildman–Crippen LogP) is 0.475. The summed E-state index contributed by atoms with van der Waals surface area (Å²) in [7, 11) is 1.64. The largest absolute Gasteiger partial charge is 0.388 e. The van der Waals surface area contributed by atoms with E-state index in [9.17, 15) is 9.18 Å². The maximum atomic E-state index is 13.4. The molecule has 0 aliphatic heterocycles. The van der Waals surface area contributed by atoms with E-state index < -0.39 is 6.04 Å². The number of carbonyl (C=O) groups excluding carboxylic acids is 1. The second-order valence-corrected chi connectivity index (χ2v) is 4.25. The number of aliphatic imine (C=N–C) groups is 1. The van der Waals surface area contributed by atoms with Gasteiger partial charge in [0, 0.05) is 4.28 Å². The first-order valence-electron chi connectivity index (χ1n) is 6.35. The van der Waals surface area contributed by atoms with Gasteiger partial charge in [0.2, 0.25) is 5.91 Å². The fourth-order valence-electron chi connectivity index (χ4n) is 1.49. The number of H-pyrrole nitrogens is 1. The summed E-state index contributed by atoms with van der Waals surface area (Å²) in [5.41, 5.74) is 5.32. The Hall–Kier alpha value is -2.36. The Morgan fingerprint density at radius 1 is 1.67 bits per heavy atom. The molecule has 0 bridgehead atoms. The molecule has 0 spiro atoms. The molecule has 1 rings (SSSR count). The second-order valence-electron chi connectivity index (χ2n) is 4.25. The minimum atomic E-state index is -0.493. The van der Waals surface area contributed by atoms with E-state index >= 15 is 0 Å². The summed E-state index contributed by atoms with van der Waals surface area (Å²) in [5, 5.41) is 18.1. The van der Waals surface area contributed by atoms with Crippen molar-refractivity contribution in [2.45, 2.75) is 25.8 Å². The lowest BCUT2D eigenvalue weighted by Gasteiger charge is -2.13. The molecule has 1 heterocycles.